The molecule has 0 bridgehead atoms. The van der Waals surface area contributed by atoms with Crippen molar-refractivity contribution in [3.63, 3.8) is 0 Å². The van der Waals surface area contributed by atoms with Crippen LogP contribution in [0.5, 0.6) is 11.5 Å². The summed E-state index contributed by atoms with van der Waals surface area (Å²) in [7, 11) is 0. The molecule has 0 amide bonds. The van der Waals surface area contributed by atoms with E-state index in [0.29, 0.717) is 11.8 Å². The van der Waals surface area contributed by atoms with Gasteiger partial charge in [-0.2, -0.15) is 0 Å². The highest BCUT2D eigenvalue weighted by molar-refractivity contribution is 5.47. The summed E-state index contributed by atoms with van der Waals surface area (Å²) >= 11 is 0. The number of benzene rings is 1. The molecule has 0 heterocycles. The van der Waals surface area contributed by atoms with E-state index < -0.39 is 0 Å². The maximum atomic E-state index is 10.4. The van der Waals surface area contributed by atoms with Crippen molar-refractivity contribution in [1.82, 2.24) is 0 Å². The van der Waals surface area contributed by atoms with Gasteiger partial charge in [0.2, 0.25) is 0 Å². The van der Waals surface area contributed by atoms with Crippen LogP contribution in [0.3, 0.4) is 0 Å². The van der Waals surface area contributed by atoms with Crippen LogP contribution >= 0.6 is 0 Å². The zero-order valence-corrected chi connectivity index (χ0v) is 14.5. The number of fused-ring (bicyclic) bond motifs is 1. The summed E-state index contributed by atoms with van der Waals surface area (Å²) in [5.41, 5.74) is 3.73. The molecule has 1 aromatic rings. The van der Waals surface area contributed by atoms with Crippen LogP contribution < -0.4 is 0 Å². The molecular formula is C21H28O2. The summed E-state index contributed by atoms with van der Waals surface area (Å²) in [6.07, 6.45) is 6.99. The molecule has 0 aromatic heterocycles. The van der Waals surface area contributed by atoms with Crippen molar-refractivity contribution in [3.05, 3.63) is 47.6 Å². The van der Waals surface area contributed by atoms with Gasteiger partial charge in [0.05, 0.1) is 0 Å². The predicted molar refractivity (Wildman–Crippen MR) is 94.6 cm³/mol. The van der Waals surface area contributed by atoms with E-state index in [4.69, 9.17) is 0 Å². The fourth-order valence-corrected chi connectivity index (χ4v) is 4.57. The lowest BCUT2D eigenvalue weighted by Crippen LogP contribution is -2.30. The minimum atomic E-state index is 0.0884. The van der Waals surface area contributed by atoms with Crippen molar-refractivity contribution in [3.8, 4) is 11.5 Å². The lowest BCUT2D eigenvalue weighted by atomic mass is 9.62. The number of allylic oxidation sites excluding steroid dienone is 3. The van der Waals surface area contributed by atoms with Crippen molar-refractivity contribution < 1.29 is 10.2 Å². The number of phenols is 2. The molecule has 1 aromatic carbocycles. The summed E-state index contributed by atoms with van der Waals surface area (Å²) in [4.78, 5) is 0. The van der Waals surface area contributed by atoms with Crippen molar-refractivity contribution in [2.45, 2.75) is 52.4 Å². The van der Waals surface area contributed by atoms with Gasteiger partial charge in [-0.05, 0) is 54.7 Å². The first-order valence-electron chi connectivity index (χ1n) is 8.72. The lowest BCUT2D eigenvalue weighted by Gasteiger charge is -2.42. The molecule has 2 nitrogen and oxygen atoms in total. The predicted octanol–water partition coefficient (Wildman–Crippen LogP) is 5.53. The number of aromatic hydroxyl groups is 2. The highest BCUT2D eigenvalue weighted by atomic mass is 16.3. The van der Waals surface area contributed by atoms with E-state index in [1.807, 2.05) is 0 Å². The topological polar surface area (TPSA) is 40.5 Å². The maximum absolute atomic E-state index is 10.4. The van der Waals surface area contributed by atoms with Crippen molar-refractivity contribution in [1.29, 1.82) is 0 Å². The van der Waals surface area contributed by atoms with Crippen LogP contribution in [0.25, 0.3) is 0 Å². The molecule has 3 atom stereocenters. The second-order valence-corrected chi connectivity index (χ2v) is 7.97. The average Bonchev–Trinajstić information content (AvgIpc) is 2.60. The fourth-order valence-electron chi connectivity index (χ4n) is 4.57. The first-order chi connectivity index (χ1) is 10.8. The molecule has 0 unspecified atom stereocenters. The Kier molecular flexibility index (Phi) is 4.03. The van der Waals surface area contributed by atoms with E-state index in [0.717, 1.165) is 18.4 Å². The summed E-state index contributed by atoms with van der Waals surface area (Å²) in [5, 5.41) is 20.4. The Hall–Kier alpha value is -1.70. The zero-order valence-electron chi connectivity index (χ0n) is 14.5. The third-order valence-corrected chi connectivity index (χ3v) is 5.97. The van der Waals surface area contributed by atoms with Crippen molar-refractivity contribution in [2.75, 3.05) is 0 Å². The molecule has 1 fully saturated rings. The molecule has 2 aliphatic carbocycles. The van der Waals surface area contributed by atoms with Crippen molar-refractivity contribution >= 4 is 0 Å². The smallest absolute Gasteiger partial charge is 0.119 e. The Morgan fingerprint density at radius 1 is 1.22 bits per heavy atom. The van der Waals surface area contributed by atoms with Crippen LogP contribution in [0.2, 0.25) is 0 Å². The molecule has 0 spiro atoms. The van der Waals surface area contributed by atoms with Gasteiger partial charge >= 0.3 is 0 Å². The lowest BCUT2D eigenvalue weighted by molar-refractivity contribution is 0.262. The standard InChI is InChI=1S/C21H28O2/c1-13-7-9-18-16(6-5-11-21(18,3)4)20(14(13)2)17-12-15(22)8-10-19(17)23/h8-10,12-13,16,20,22-23H,2,5-7,11H2,1,3-4H3/t13-,16-,20-/m0/s1. The highest BCUT2D eigenvalue weighted by Gasteiger charge is 2.41. The number of rotatable bonds is 1. The molecular weight excluding hydrogens is 284 g/mol. The van der Waals surface area contributed by atoms with Gasteiger partial charge in [-0.3, -0.25) is 0 Å². The van der Waals surface area contributed by atoms with Gasteiger partial charge in [0.1, 0.15) is 11.5 Å². The van der Waals surface area contributed by atoms with Gasteiger partial charge in [-0.1, -0.05) is 51.0 Å². The van der Waals surface area contributed by atoms with E-state index >= 15 is 0 Å². The average molecular weight is 312 g/mol. The minimum absolute atomic E-state index is 0.0884. The number of phenolic OH excluding ortho intramolecular Hbond substituents is 2. The maximum Gasteiger partial charge on any atom is 0.119 e. The molecule has 3 rings (SSSR count). The van der Waals surface area contributed by atoms with Gasteiger partial charge < -0.3 is 10.2 Å². The molecule has 2 N–H and O–H groups in total. The molecule has 0 aliphatic heterocycles. The molecule has 0 radical (unpaired) electrons. The van der Waals surface area contributed by atoms with Gasteiger partial charge in [0.15, 0.2) is 0 Å². The second kappa shape index (κ2) is 5.74. The summed E-state index contributed by atoms with van der Waals surface area (Å²) in [6, 6.07) is 4.87. The molecule has 124 valence electrons. The zero-order chi connectivity index (χ0) is 16.8. The van der Waals surface area contributed by atoms with Crippen LogP contribution in [0, 0.1) is 17.3 Å². The summed E-state index contributed by atoms with van der Waals surface area (Å²) in [5.74, 6) is 1.33. The quantitative estimate of drug-likeness (QED) is 0.528. The van der Waals surface area contributed by atoms with Gasteiger partial charge in [-0.15, -0.1) is 0 Å². The molecule has 23 heavy (non-hydrogen) atoms. The van der Waals surface area contributed by atoms with E-state index in [-0.39, 0.29) is 22.8 Å². The minimum Gasteiger partial charge on any atom is -0.508 e. The first-order valence-corrected chi connectivity index (χ1v) is 8.72. The summed E-state index contributed by atoms with van der Waals surface area (Å²) < 4.78 is 0. The van der Waals surface area contributed by atoms with Gasteiger partial charge in [0.25, 0.3) is 0 Å². The Bertz CT molecular complexity index is 654. The van der Waals surface area contributed by atoms with Crippen LogP contribution in [0.15, 0.2) is 42.0 Å². The molecule has 1 saturated carbocycles. The second-order valence-electron chi connectivity index (χ2n) is 7.97. The monoisotopic (exact) mass is 312 g/mol. The van der Waals surface area contributed by atoms with Crippen molar-refractivity contribution in [2.24, 2.45) is 17.3 Å². The van der Waals surface area contributed by atoms with E-state index in [1.54, 1.807) is 18.2 Å². The fraction of sp³-hybridized carbons (Fsp3) is 0.524. The van der Waals surface area contributed by atoms with E-state index in [9.17, 15) is 10.2 Å². The Balaban J connectivity index is 2.14. The normalized spacial score (nSPS) is 30.3. The third kappa shape index (κ3) is 2.80. The third-order valence-electron chi connectivity index (χ3n) is 5.97. The number of hydrogen-bond acceptors (Lipinski definition) is 2. The van der Waals surface area contributed by atoms with Gasteiger partial charge in [-0.25, -0.2) is 0 Å². The van der Waals surface area contributed by atoms with Crippen LogP contribution in [-0.2, 0) is 0 Å². The Morgan fingerprint density at radius 2 is 1.96 bits per heavy atom. The van der Waals surface area contributed by atoms with Gasteiger partial charge in [0, 0.05) is 11.5 Å². The largest absolute Gasteiger partial charge is 0.508 e. The highest BCUT2D eigenvalue weighted by Crippen LogP contribution is 2.55. The van der Waals surface area contributed by atoms with Crippen LogP contribution in [0.1, 0.15) is 57.9 Å². The molecule has 0 saturated heterocycles. The molecule has 2 heteroatoms. The molecule has 2 aliphatic rings. The van der Waals surface area contributed by atoms with Crippen LogP contribution in [0.4, 0.5) is 0 Å². The SMILES string of the molecule is C=C1[C@H](c2cc(O)ccc2O)[C@H]2CCCC(C)(C)C2=CC[C@@H]1C. The Morgan fingerprint density at radius 3 is 2.70 bits per heavy atom. The number of hydrogen-bond donors (Lipinski definition) is 2. The van der Waals surface area contributed by atoms with Crippen LogP contribution in [-0.4, -0.2) is 10.2 Å². The van der Waals surface area contributed by atoms with E-state index in [2.05, 4.69) is 33.4 Å². The van der Waals surface area contributed by atoms with E-state index in [1.165, 1.54) is 24.0 Å². The summed E-state index contributed by atoms with van der Waals surface area (Å²) in [6.45, 7) is 11.3. The first kappa shape index (κ1) is 16.2. The Labute approximate surface area is 139 Å².